The fourth-order valence-corrected chi connectivity index (χ4v) is 1.91. The molecular formula is C16H15NO3. The van der Waals surface area contributed by atoms with Crippen LogP contribution >= 0.6 is 0 Å². The maximum Gasteiger partial charge on any atom is 0.339 e. The number of aryl methyl sites for hydroxylation is 1. The first-order valence-corrected chi connectivity index (χ1v) is 6.16. The maximum absolute atomic E-state index is 11.7. The van der Waals surface area contributed by atoms with E-state index >= 15 is 0 Å². The molecule has 0 fully saturated rings. The Morgan fingerprint density at radius 1 is 1.15 bits per heavy atom. The number of ether oxygens (including phenoxy) is 1. The van der Waals surface area contributed by atoms with Crippen LogP contribution in [-0.2, 0) is 4.74 Å². The molecular weight excluding hydrogens is 254 g/mol. The predicted molar refractivity (Wildman–Crippen MR) is 77.6 cm³/mol. The zero-order chi connectivity index (χ0) is 14.5. The van der Waals surface area contributed by atoms with Gasteiger partial charge in [0, 0.05) is 11.3 Å². The Morgan fingerprint density at radius 2 is 1.90 bits per heavy atom. The van der Waals surface area contributed by atoms with E-state index in [2.05, 4.69) is 5.32 Å². The molecule has 0 unspecified atom stereocenters. The van der Waals surface area contributed by atoms with E-state index in [1.807, 2.05) is 25.1 Å². The number of carbonyl (C=O) groups is 2. The molecule has 0 heterocycles. The van der Waals surface area contributed by atoms with Crippen molar-refractivity contribution >= 4 is 23.6 Å². The SMILES string of the molecule is COC(=O)c1ccccc1Nc1cc(C)ccc1C=O. The van der Waals surface area contributed by atoms with Gasteiger partial charge in [0.15, 0.2) is 6.29 Å². The number of benzene rings is 2. The third-order valence-corrected chi connectivity index (χ3v) is 2.94. The highest BCUT2D eigenvalue weighted by atomic mass is 16.5. The van der Waals surface area contributed by atoms with Crippen molar-refractivity contribution in [2.24, 2.45) is 0 Å². The van der Waals surface area contributed by atoms with Crippen LogP contribution in [0.2, 0.25) is 0 Å². The van der Waals surface area contributed by atoms with Crippen LogP contribution < -0.4 is 5.32 Å². The predicted octanol–water partition coefficient (Wildman–Crippen LogP) is 3.34. The summed E-state index contributed by atoms with van der Waals surface area (Å²) in [5.74, 6) is -0.423. The summed E-state index contributed by atoms with van der Waals surface area (Å²) in [4.78, 5) is 22.8. The third kappa shape index (κ3) is 2.85. The van der Waals surface area contributed by atoms with Gasteiger partial charge in [-0.25, -0.2) is 4.79 Å². The molecule has 0 saturated carbocycles. The summed E-state index contributed by atoms with van der Waals surface area (Å²) >= 11 is 0. The lowest BCUT2D eigenvalue weighted by atomic mass is 10.1. The van der Waals surface area contributed by atoms with Crippen molar-refractivity contribution in [3.8, 4) is 0 Å². The van der Waals surface area contributed by atoms with Crippen LogP contribution in [0.15, 0.2) is 42.5 Å². The average molecular weight is 269 g/mol. The third-order valence-electron chi connectivity index (χ3n) is 2.94. The van der Waals surface area contributed by atoms with Crippen LogP contribution in [0.4, 0.5) is 11.4 Å². The van der Waals surface area contributed by atoms with E-state index in [9.17, 15) is 9.59 Å². The van der Waals surface area contributed by atoms with E-state index < -0.39 is 5.97 Å². The fourth-order valence-electron chi connectivity index (χ4n) is 1.91. The van der Waals surface area contributed by atoms with E-state index in [1.54, 1.807) is 24.3 Å². The van der Waals surface area contributed by atoms with Gasteiger partial charge >= 0.3 is 5.97 Å². The second-order valence-electron chi connectivity index (χ2n) is 4.37. The first-order valence-electron chi connectivity index (χ1n) is 6.16. The molecule has 20 heavy (non-hydrogen) atoms. The molecule has 0 amide bonds. The number of aldehydes is 1. The number of hydrogen-bond donors (Lipinski definition) is 1. The van der Waals surface area contributed by atoms with Gasteiger partial charge in [-0.2, -0.15) is 0 Å². The number of rotatable bonds is 4. The van der Waals surface area contributed by atoms with Crippen LogP contribution in [0.5, 0.6) is 0 Å². The molecule has 0 aromatic heterocycles. The van der Waals surface area contributed by atoms with Gasteiger partial charge in [-0.1, -0.05) is 18.2 Å². The highest BCUT2D eigenvalue weighted by molar-refractivity contribution is 5.97. The van der Waals surface area contributed by atoms with Gasteiger partial charge in [0.25, 0.3) is 0 Å². The molecule has 2 rings (SSSR count). The molecule has 2 aromatic rings. The summed E-state index contributed by atoms with van der Waals surface area (Å²) in [7, 11) is 1.34. The molecule has 0 atom stereocenters. The Morgan fingerprint density at radius 3 is 2.60 bits per heavy atom. The lowest BCUT2D eigenvalue weighted by molar-refractivity contribution is 0.0602. The number of nitrogens with one attached hydrogen (secondary N) is 1. The minimum Gasteiger partial charge on any atom is -0.465 e. The van der Waals surface area contributed by atoms with Crippen LogP contribution in [-0.4, -0.2) is 19.4 Å². The van der Waals surface area contributed by atoms with E-state index in [0.29, 0.717) is 22.5 Å². The average Bonchev–Trinajstić information content (AvgIpc) is 2.47. The maximum atomic E-state index is 11.7. The second kappa shape index (κ2) is 6.02. The molecule has 0 aliphatic carbocycles. The standard InChI is InChI=1S/C16H15NO3/c1-11-7-8-12(10-18)15(9-11)17-14-6-4-3-5-13(14)16(19)20-2/h3-10,17H,1-2H3. The number of anilines is 2. The van der Waals surface area contributed by atoms with Crippen LogP contribution in [0.3, 0.4) is 0 Å². The van der Waals surface area contributed by atoms with E-state index in [4.69, 9.17) is 4.74 Å². The van der Waals surface area contributed by atoms with E-state index in [-0.39, 0.29) is 0 Å². The van der Waals surface area contributed by atoms with Crippen molar-refractivity contribution in [1.82, 2.24) is 0 Å². The molecule has 4 nitrogen and oxygen atoms in total. The summed E-state index contributed by atoms with van der Waals surface area (Å²) in [5.41, 5.74) is 3.25. The van der Waals surface area contributed by atoms with Gasteiger partial charge in [-0.05, 0) is 36.8 Å². The number of para-hydroxylation sites is 1. The fraction of sp³-hybridized carbons (Fsp3) is 0.125. The summed E-state index contributed by atoms with van der Waals surface area (Å²) in [6.07, 6.45) is 0.780. The largest absolute Gasteiger partial charge is 0.465 e. The zero-order valence-electron chi connectivity index (χ0n) is 11.3. The molecule has 1 N–H and O–H groups in total. The number of carbonyl (C=O) groups excluding carboxylic acids is 2. The Kier molecular flexibility index (Phi) is 4.15. The Balaban J connectivity index is 2.42. The first kappa shape index (κ1) is 13.8. The van der Waals surface area contributed by atoms with Gasteiger partial charge in [0.2, 0.25) is 0 Å². The van der Waals surface area contributed by atoms with Crippen molar-refractivity contribution < 1.29 is 14.3 Å². The quantitative estimate of drug-likeness (QED) is 0.683. The molecule has 0 aliphatic rings. The van der Waals surface area contributed by atoms with Gasteiger partial charge in [0.1, 0.15) is 0 Å². The minimum atomic E-state index is -0.423. The highest BCUT2D eigenvalue weighted by Gasteiger charge is 2.12. The van der Waals surface area contributed by atoms with Gasteiger partial charge in [0.05, 0.1) is 18.4 Å². The monoisotopic (exact) mass is 269 g/mol. The lowest BCUT2D eigenvalue weighted by Gasteiger charge is -2.12. The normalized spacial score (nSPS) is 9.90. The molecule has 0 radical (unpaired) electrons. The van der Waals surface area contributed by atoms with E-state index in [0.717, 1.165) is 11.8 Å². The first-order chi connectivity index (χ1) is 9.65. The number of methoxy groups -OCH3 is 1. The zero-order valence-corrected chi connectivity index (χ0v) is 11.3. The molecule has 102 valence electrons. The van der Waals surface area contributed by atoms with Gasteiger partial charge in [-0.3, -0.25) is 4.79 Å². The van der Waals surface area contributed by atoms with Crippen molar-refractivity contribution in [2.45, 2.75) is 6.92 Å². The lowest BCUT2D eigenvalue weighted by Crippen LogP contribution is -2.06. The van der Waals surface area contributed by atoms with Crippen LogP contribution in [0, 0.1) is 6.92 Å². The van der Waals surface area contributed by atoms with Gasteiger partial charge < -0.3 is 10.1 Å². The molecule has 2 aromatic carbocycles. The Labute approximate surface area is 117 Å². The van der Waals surface area contributed by atoms with Crippen molar-refractivity contribution in [3.05, 3.63) is 59.2 Å². The number of esters is 1. The molecule has 4 heteroatoms. The molecule has 0 spiro atoms. The molecule has 0 saturated heterocycles. The van der Waals surface area contributed by atoms with Crippen LogP contribution in [0.1, 0.15) is 26.3 Å². The summed E-state index contributed by atoms with van der Waals surface area (Å²) in [6, 6.07) is 12.5. The van der Waals surface area contributed by atoms with Crippen molar-refractivity contribution in [2.75, 3.05) is 12.4 Å². The smallest absolute Gasteiger partial charge is 0.339 e. The summed E-state index contributed by atoms with van der Waals surface area (Å²) < 4.78 is 4.75. The van der Waals surface area contributed by atoms with E-state index in [1.165, 1.54) is 7.11 Å². The minimum absolute atomic E-state index is 0.423. The number of hydrogen-bond acceptors (Lipinski definition) is 4. The molecule has 0 aliphatic heterocycles. The van der Waals surface area contributed by atoms with Crippen LogP contribution in [0.25, 0.3) is 0 Å². The topological polar surface area (TPSA) is 55.4 Å². The van der Waals surface area contributed by atoms with Crippen molar-refractivity contribution in [3.63, 3.8) is 0 Å². The van der Waals surface area contributed by atoms with Gasteiger partial charge in [-0.15, -0.1) is 0 Å². The molecule has 0 bridgehead atoms. The summed E-state index contributed by atoms with van der Waals surface area (Å²) in [6.45, 7) is 1.94. The van der Waals surface area contributed by atoms with Crippen molar-refractivity contribution in [1.29, 1.82) is 0 Å². The Bertz CT molecular complexity index is 650. The second-order valence-corrected chi connectivity index (χ2v) is 4.37. The highest BCUT2D eigenvalue weighted by Crippen LogP contribution is 2.24. The summed E-state index contributed by atoms with van der Waals surface area (Å²) in [5, 5.41) is 3.12. The Hall–Kier alpha value is -2.62.